The van der Waals surface area contributed by atoms with Crippen LogP contribution in [0.25, 0.3) is 10.9 Å². The number of rotatable bonds is 7. The summed E-state index contributed by atoms with van der Waals surface area (Å²) in [7, 11) is 0. The van der Waals surface area contributed by atoms with Gasteiger partial charge in [0.15, 0.2) is 0 Å². The average Bonchev–Trinajstić information content (AvgIpc) is 3.04. The lowest BCUT2D eigenvalue weighted by atomic mass is 9.87. The van der Waals surface area contributed by atoms with Crippen molar-refractivity contribution in [1.29, 1.82) is 0 Å². The molecule has 8 heteroatoms. The molecule has 2 aliphatic rings. The zero-order chi connectivity index (χ0) is 34.0. The number of β-amino-alcohol motifs (C(OH)–C–C–N with tert-alkyl or cyclic N) is 1. The van der Waals surface area contributed by atoms with Crippen LogP contribution in [0.1, 0.15) is 68.5 Å². The molecule has 0 saturated heterocycles. The third-order valence-electron chi connectivity index (χ3n) is 8.43. The fourth-order valence-corrected chi connectivity index (χ4v) is 5.94. The van der Waals surface area contributed by atoms with Gasteiger partial charge in [0.2, 0.25) is 0 Å². The van der Waals surface area contributed by atoms with Gasteiger partial charge in [-0.1, -0.05) is 60.7 Å². The summed E-state index contributed by atoms with van der Waals surface area (Å²) in [5.41, 5.74) is 19.5. The van der Waals surface area contributed by atoms with Crippen LogP contribution in [0.3, 0.4) is 0 Å². The second kappa shape index (κ2) is 17.0. The minimum Gasteiger partial charge on any atom is -0.491 e. The highest BCUT2D eigenvalue weighted by Gasteiger charge is 2.27. The van der Waals surface area contributed by atoms with Crippen LogP contribution in [0.4, 0.5) is 5.69 Å². The molecule has 47 heavy (non-hydrogen) atoms. The highest BCUT2D eigenvalue weighted by molar-refractivity contribution is 5.92. The second-order valence-corrected chi connectivity index (χ2v) is 13.9. The number of hydrogen-bond donors (Lipinski definition) is 6. The van der Waals surface area contributed by atoms with Crippen LogP contribution in [0.15, 0.2) is 72.8 Å². The van der Waals surface area contributed by atoms with Crippen molar-refractivity contribution in [3.8, 4) is 5.75 Å². The number of aliphatic hydroxyl groups is 3. The third-order valence-corrected chi connectivity index (χ3v) is 8.43. The number of para-hydroxylation sites is 1. The fraction of sp³-hybridized carbons (Fsp3) is 0.462. The Kier molecular flexibility index (Phi) is 13.2. The molecule has 2 aliphatic carbocycles. The first kappa shape index (κ1) is 36.3. The predicted molar refractivity (Wildman–Crippen MR) is 192 cm³/mol. The maximum absolute atomic E-state index is 10.00. The molecule has 0 fully saturated rings. The molecule has 6 rings (SSSR count). The average molecular weight is 643 g/mol. The number of nitrogens with zero attached hydrogens (tertiary/aromatic N) is 1. The van der Waals surface area contributed by atoms with Crippen LogP contribution in [0.5, 0.6) is 5.75 Å². The van der Waals surface area contributed by atoms with E-state index in [9.17, 15) is 15.3 Å². The predicted octanol–water partition coefficient (Wildman–Crippen LogP) is 4.91. The molecule has 254 valence electrons. The largest absolute Gasteiger partial charge is 0.491 e. The Balaban J connectivity index is 0.000000172. The first-order valence-corrected chi connectivity index (χ1v) is 16.9. The van der Waals surface area contributed by atoms with Gasteiger partial charge in [-0.25, -0.2) is 0 Å². The van der Waals surface area contributed by atoms with Gasteiger partial charge in [0.1, 0.15) is 18.5 Å². The molecule has 0 amide bonds. The molecule has 0 bridgehead atoms. The van der Waals surface area contributed by atoms with Crippen molar-refractivity contribution < 1.29 is 20.1 Å². The van der Waals surface area contributed by atoms with E-state index in [2.05, 4.69) is 23.5 Å². The fourth-order valence-electron chi connectivity index (χ4n) is 5.94. The summed E-state index contributed by atoms with van der Waals surface area (Å²) in [6.07, 6.45) is 4.38. The Morgan fingerprint density at radius 2 is 1.57 bits per heavy atom. The van der Waals surface area contributed by atoms with Crippen LogP contribution in [0.2, 0.25) is 0 Å². The zero-order valence-corrected chi connectivity index (χ0v) is 28.5. The van der Waals surface area contributed by atoms with Crippen LogP contribution < -0.4 is 21.5 Å². The van der Waals surface area contributed by atoms with Gasteiger partial charge >= 0.3 is 0 Å². The molecule has 1 heterocycles. The van der Waals surface area contributed by atoms with Gasteiger partial charge in [0.25, 0.3) is 0 Å². The summed E-state index contributed by atoms with van der Waals surface area (Å²) in [5, 5.41) is 33.9. The van der Waals surface area contributed by atoms with E-state index >= 15 is 0 Å². The van der Waals surface area contributed by atoms with Crippen molar-refractivity contribution in [2.24, 2.45) is 5.73 Å². The smallest absolute Gasteiger partial charge is 0.123 e. The minimum absolute atomic E-state index is 0.0485. The van der Waals surface area contributed by atoms with E-state index in [1.807, 2.05) is 82.3 Å². The Morgan fingerprint density at radius 3 is 2.30 bits per heavy atom. The summed E-state index contributed by atoms with van der Waals surface area (Å²) in [4.78, 5) is 4.70. The van der Waals surface area contributed by atoms with Crippen molar-refractivity contribution >= 4 is 16.6 Å². The number of ether oxygens (including phenoxy) is 1. The molecule has 0 spiro atoms. The van der Waals surface area contributed by atoms with Crippen LogP contribution in [0, 0.1) is 0 Å². The molecule has 4 atom stereocenters. The van der Waals surface area contributed by atoms with Gasteiger partial charge in [-0.3, -0.25) is 4.98 Å². The summed E-state index contributed by atoms with van der Waals surface area (Å²) in [6, 6.07) is 24.4. The van der Waals surface area contributed by atoms with E-state index in [1.54, 1.807) is 0 Å². The Bertz CT molecular complexity index is 1550. The first-order valence-electron chi connectivity index (χ1n) is 16.9. The summed E-state index contributed by atoms with van der Waals surface area (Å²) in [5.74, 6) is 0.679. The normalized spacial score (nSPS) is 18.4. The van der Waals surface area contributed by atoms with E-state index in [0.717, 1.165) is 47.0 Å². The molecule has 4 aromatic rings. The Labute approximate surface area is 280 Å². The topological polar surface area (TPSA) is 147 Å². The standard InChI is InChI=1S/C17H27NO4.C13H14N2.C9H13N/c1-17(2,3)18-9-12(19)10-22-16-6-4-5-11-7-14(20)15(21)8-13(11)16;14-13-9-5-1-3-7-11(9)15-12-8-4-2-6-10(12)13;1-8(10)7-9-5-3-2-4-6-9/h4-6,12,14-15,18-21H,7-10H2,1-3H3;1,3,5,7H,2,4,6,8H2,(H2,14,15);2-6,8H,7,10H2,1H3/t12?,14-,15+;;/m1../s1. The van der Waals surface area contributed by atoms with Crippen LogP contribution in [-0.2, 0) is 32.1 Å². The number of aromatic nitrogens is 1. The number of benzene rings is 3. The molecular weight excluding hydrogens is 588 g/mol. The molecule has 0 aliphatic heterocycles. The summed E-state index contributed by atoms with van der Waals surface area (Å²) < 4.78 is 5.73. The van der Waals surface area contributed by atoms with Crippen molar-refractivity contribution in [1.82, 2.24) is 10.3 Å². The van der Waals surface area contributed by atoms with Crippen LogP contribution in [-0.4, -0.2) is 63.3 Å². The molecule has 1 aromatic heterocycles. The molecule has 3 aromatic carbocycles. The van der Waals surface area contributed by atoms with Gasteiger partial charge in [-0.2, -0.15) is 0 Å². The van der Waals surface area contributed by atoms with E-state index in [0.29, 0.717) is 25.1 Å². The van der Waals surface area contributed by atoms with E-state index < -0.39 is 18.3 Å². The molecule has 8 nitrogen and oxygen atoms in total. The molecule has 0 radical (unpaired) electrons. The molecule has 0 saturated carbocycles. The lowest BCUT2D eigenvalue weighted by Gasteiger charge is -2.28. The molecular formula is C39H54N4O4. The van der Waals surface area contributed by atoms with Crippen LogP contribution >= 0.6 is 0 Å². The summed E-state index contributed by atoms with van der Waals surface area (Å²) in [6.45, 7) is 8.80. The number of aliphatic hydroxyl groups excluding tert-OH is 3. The number of anilines is 1. The maximum Gasteiger partial charge on any atom is 0.123 e. The van der Waals surface area contributed by atoms with Gasteiger partial charge in [0, 0.05) is 53.3 Å². The number of hydrogen-bond acceptors (Lipinski definition) is 8. The summed E-state index contributed by atoms with van der Waals surface area (Å²) >= 11 is 0. The lowest BCUT2D eigenvalue weighted by molar-refractivity contribution is 0.0132. The molecule has 2 unspecified atom stereocenters. The molecule has 8 N–H and O–H groups in total. The lowest BCUT2D eigenvalue weighted by Crippen LogP contribution is -2.42. The van der Waals surface area contributed by atoms with Gasteiger partial charge in [-0.15, -0.1) is 0 Å². The number of nitrogen functional groups attached to an aromatic ring is 1. The number of fused-ring (bicyclic) bond motifs is 3. The van der Waals surface area contributed by atoms with Crippen molar-refractivity contribution in [3.63, 3.8) is 0 Å². The number of pyridine rings is 1. The zero-order valence-electron chi connectivity index (χ0n) is 28.5. The van der Waals surface area contributed by atoms with E-state index in [-0.39, 0.29) is 18.2 Å². The SMILES string of the molecule is CC(C)(C)NCC(O)COc1cccc2c1C[C@H](O)[C@H](O)C2.CC(N)Cc1ccccc1.Nc1c2c(nc3ccccc13)CCCC2. The number of nitrogens with one attached hydrogen (secondary N) is 1. The minimum atomic E-state index is -0.760. The van der Waals surface area contributed by atoms with Crippen molar-refractivity contribution in [2.45, 2.75) is 103 Å². The van der Waals surface area contributed by atoms with Gasteiger partial charge in [0.05, 0.1) is 17.7 Å². The third kappa shape index (κ3) is 11.0. The quantitative estimate of drug-likeness (QED) is 0.167. The number of nitrogens with two attached hydrogens (primary N) is 2. The second-order valence-electron chi connectivity index (χ2n) is 13.9. The highest BCUT2D eigenvalue weighted by Crippen LogP contribution is 2.31. The highest BCUT2D eigenvalue weighted by atomic mass is 16.5. The first-order chi connectivity index (χ1) is 22.4. The van der Waals surface area contributed by atoms with Crippen molar-refractivity contribution in [2.75, 3.05) is 18.9 Å². The van der Waals surface area contributed by atoms with Gasteiger partial charge < -0.3 is 36.8 Å². The Hall–Kier alpha value is -3.53. The monoisotopic (exact) mass is 642 g/mol. The Morgan fingerprint density at radius 1 is 0.894 bits per heavy atom. The number of aryl methyl sites for hydroxylation is 1. The van der Waals surface area contributed by atoms with E-state index in [4.69, 9.17) is 21.2 Å². The van der Waals surface area contributed by atoms with Gasteiger partial charge in [-0.05, 0) is 88.6 Å². The van der Waals surface area contributed by atoms with E-state index in [1.165, 1.54) is 29.7 Å². The van der Waals surface area contributed by atoms with Crippen molar-refractivity contribution in [3.05, 3.63) is 101 Å². The maximum atomic E-state index is 10.00.